The van der Waals surface area contributed by atoms with E-state index < -0.39 is 11.6 Å². The summed E-state index contributed by atoms with van der Waals surface area (Å²) in [4.78, 5) is 28.1. The monoisotopic (exact) mass is 548 g/mol. The molecule has 8 heteroatoms. The van der Waals surface area contributed by atoms with Gasteiger partial charge in [0.25, 0.3) is 0 Å². The molecule has 1 N–H and O–H groups in total. The van der Waals surface area contributed by atoms with E-state index in [0.29, 0.717) is 50.8 Å². The summed E-state index contributed by atoms with van der Waals surface area (Å²) in [6, 6.07) is 16.3. The molecule has 0 bridgehead atoms. The van der Waals surface area contributed by atoms with Crippen LogP contribution in [0.5, 0.6) is 0 Å². The molecule has 40 heavy (non-hydrogen) atoms. The number of alkyl halides is 1. The minimum atomic E-state index is -1.64. The highest BCUT2D eigenvalue weighted by atomic mass is 19.1. The largest absolute Gasteiger partial charge is 0.497 e. The Morgan fingerprint density at radius 2 is 1.65 bits per heavy atom. The van der Waals surface area contributed by atoms with Gasteiger partial charge in [0.05, 0.1) is 24.4 Å². The number of carbonyl (C=O) groups is 2. The second-order valence-electron chi connectivity index (χ2n) is 11.0. The molecule has 2 aliphatic heterocycles. The summed E-state index contributed by atoms with van der Waals surface area (Å²) in [7, 11) is 0. The van der Waals surface area contributed by atoms with Crippen molar-refractivity contribution in [3.63, 3.8) is 0 Å². The van der Waals surface area contributed by atoms with Gasteiger partial charge in [-0.15, -0.1) is 0 Å². The molecular weight excluding hydrogens is 511 g/mol. The molecule has 0 saturated carbocycles. The number of allylic oxidation sites excluding steroid dienone is 2. The van der Waals surface area contributed by atoms with Crippen molar-refractivity contribution in [2.24, 2.45) is 5.41 Å². The van der Waals surface area contributed by atoms with E-state index in [-0.39, 0.29) is 29.9 Å². The standard InChI is InChI=1S/C32H37FN2O5/c1-3-39-26-18-32(33,19-27(40-4-2)29(26)23-8-6-5-7-9-23)22-34-16-14-31(15-17-34)20-28(36)35(21-31)25-12-10-24(11-13-25)30(37)38/h5-13,18H,3-4,14-17,19-22H2,1-2H3,(H,37,38). The lowest BCUT2D eigenvalue weighted by molar-refractivity contribution is -0.118. The molecule has 1 unspecified atom stereocenters. The van der Waals surface area contributed by atoms with Crippen molar-refractivity contribution in [1.82, 2.24) is 4.90 Å². The van der Waals surface area contributed by atoms with E-state index in [4.69, 9.17) is 14.6 Å². The number of rotatable bonds is 9. The minimum absolute atomic E-state index is 0.0509. The maximum atomic E-state index is 16.6. The van der Waals surface area contributed by atoms with E-state index in [1.54, 1.807) is 23.1 Å². The molecule has 7 nitrogen and oxygen atoms in total. The number of hydrogen-bond donors (Lipinski definition) is 1. The number of carboxylic acids is 1. The zero-order chi connectivity index (χ0) is 28.3. The Bertz CT molecular complexity index is 1300. The van der Waals surface area contributed by atoms with Gasteiger partial charge < -0.3 is 19.5 Å². The molecule has 2 aromatic carbocycles. The van der Waals surface area contributed by atoms with E-state index in [2.05, 4.69) is 4.90 Å². The van der Waals surface area contributed by atoms with Crippen LogP contribution in [0.2, 0.25) is 0 Å². The number of ether oxygens (including phenoxy) is 2. The number of hydrogen-bond acceptors (Lipinski definition) is 5. The van der Waals surface area contributed by atoms with E-state index in [1.165, 1.54) is 12.1 Å². The van der Waals surface area contributed by atoms with Crippen LogP contribution in [0.3, 0.4) is 0 Å². The van der Waals surface area contributed by atoms with Crippen LogP contribution < -0.4 is 4.90 Å². The summed E-state index contributed by atoms with van der Waals surface area (Å²) in [6.07, 6.45) is 3.82. The van der Waals surface area contributed by atoms with Gasteiger partial charge in [-0.3, -0.25) is 9.69 Å². The third kappa shape index (κ3) is 5.77. The number of carboxylic acid groups (broad SMARTS) is 1. The molecule has 1 spiro atoms. The van der Waals surface area contributed by atoms with Crippen molar-refractivity contribution >= 4 is 23.1 Å². The Kier molecular flexibility index (Phi) is 7.99. The highest BCUT2D eigenvalue weighted by Crippen LogP contribution is 2.45. The molecule has 0 radical (unpaired) electrons. The highest BCUT2D eigenvalue weighted by Gasteiger charge is 2.47. The molecule has 1 amide bonds. The Hall–Kier alpha value is -3.65. The second-order valence-corrected chi connectivity index (χ2v) is 11.0. The Balaban J connectivity index is 1.27. The number of anilines is 1. The zero-order valence-electron chi connectivity index (χ0n) is 23.2. The number of halogens is 1. The van der Waals surface area contributed by atoms with Gasteiger partial charge >= 0.3 is 5.97 Å². The summed E-state index contributed by atoms with van der Waals surface area (Å²) in [6.45, 7) is 6.89. The predicted molar refractivity (Wildman–Crippen MR) is 152 cm³/mol. The van der Waals surface area contributed by atoms with E-state index in [1.807, 2.05) is 44.2 Å². The fourth-order valence-corrected chi connectivity index (χ4v) is 6.23. The summed E-state index contributed by atoms with van der Waals surface area (Å²) >= 11 is 0. The number of carbonyl (C=O) groups excluding carboxylic acids is 1. The Morgan fingerprint density at radius 1 is 0.975 bits per heavy atom. The van der Waals surface area contributed by atoms with Gasteiger partial charge in [-0.1, -0.05) is 30.3 Å². The van der Waals surface area contributed by atoms with Crippen molar-refractivity contribution in [3.05, 3.63) is 83.3 Å². The first-order valence-corrected chi connectivity index (χ1v) is 14.1. The lowest BCUT2D eigenvalue weighted by Gasteiger charge is -2.41. The van der Waals surface area contributed by atoms with Crippen LogP contribution in [0, 0.1) is 5.41 Å². The molecule has 1 aliphatic carbocycles. The van der Waals surface area contributed by atoms with Gasteiger partial charge in [0, 0.05) is 31.6 Å². The van der Waals surface area contributed by atoms with Gasteiger partial charge in [0.15, 0.2) is 5.67 Å². The van der Waals surface area contributed by atoms with Crippen molar-refractivity contribution in [3.8, 4) is 0 Å². The fourth-order valence-electron chi connectivity index (χ4n) is 6.23. The molecular formula is C32H37FN2O5. The SMILES string of the molecule is CCOC1=CC(F)(CN2CCC3(CC2)CC(=O)N(c2ccc(C(=O)O)cc2)C3)CC(OCC)=C1c1ccccc1. The average molecular weight is 549 g/mol. The number of nitrogens with zero attached hydrogens (tertiary/aromatic N) is 2. The van der Waals surface area contributed by atoms with Crippen LogP contribution >= 0.6 is 0 Å². The third-order valence-corrected chi connectivity index (χ3v) is 8.20. The van der Waals surface area contributed by atoms with E-state index in [9.17, 15) is 9.59 Å². The van der Waals surface area contributed by atoms with Crippen LogP contribution in [0.25, 0.3) is 5.57 Å². The third-order valence-electron chi connectivity index (χ3n) is 8.20. The molecule has 2 saturated heterocycles. The molecule has 2 aromatic rings. The Morgan fingerprint density at radius 3 is 2.27 bits per heavy atom. The summed E-state index contributed by atoms with van der Waals surface area (Å²) < 4.78 is 28.5. The Labute approximate surface area is 234 Å². The highest BCUT2D eigenvalue weighted by molar-refractivity contribution is 5.97. The second kappa shape index (κ2) is 11.5. The van der Waals surface area contributed by atoms with Crippen LogP contribution in [0.1, 0.15) is 55.5 Å². The first-order valence-electron chi connectivity index (χ1n) is 14.1. The summed E-state index contributed by atoms with van der Waals surface area (Å²) in [5.74, 6) is 0.192. The number of aromatic carboxylic acids is 1. The normalized spacial score (nSPS) is 22.9. The lowest BCUT2D eigenvalue weighted by atomic mass is 9.77. The van der Waals surface area contributed by atoms with Gasteiger partial charge in [-0.2, -0.15) is 0 Å². The first-order chi connectivity index (χ1) is 19.2. The number of piperidine rings is 1. The van der Waals surface area contributed by atoms with E-state index in [0.717, 1.165) is 29.7 Å². The lowest BCUT2D eigenvalue weighted by Crippen LogP contribution is -2.47. The minimum Gasteiger partial charge on any atom is -0.497 e. The van der Waals surface area contributed by atoms with Crippen molar-refractivity contribution in [2.75, 3.05) is 44.3 Å². The van der Waals surface area contributed by atoms with Crippen LogP contribution in [-0.4, -0.2) is 66.9 Å². The molecule has 212 valence electrons. The molecule has 3 aliphatic rings. The summed E-state index contributed by atoms with van der Waals surface area (Å²) in [5, 5.41) is 9.17. The maximum Gasteiger partial charge on any atom is 0.335 e. The number of likely N-dealkylation sites (tertiary alicyclic amines) is 1. The van der Waals surface area contributed by atoms with Gasteiger partial charge in [0.1, 0.15) is 11.5 Å². The van der Waals surface area contributed by atoms with Gasteiger partial charge in [-0.05, 0) is 81.1 Å². The molecule has 2 fully saturated rings. The average Bonchev–Trinajstić information content (AvgIpc) is 3.26. The smallest absolute Gasteiger partial charge is 0.335 e. The van der Waals surface area contributed by atoms with Crippen molar-refractivity contribution in [2.45, 2.75) is 45.2 Å². The van der Waals surface area contributed by atoms with Crippen LogP contribution in [0.4, 0.5) is 10.1 Å². The fraction of sp³-hybridized carbons (Fsp3) is 0.438. The number of benzene rings is 2. The topological polar surface area (TPSA) is 79.3 Å². The summed E-state index contributed by atoms with van der Waals surface area (Å²) in [5.41, 5.74) is 0.884. The van der Waals surface area contributed by atoms with Crippen molar-refractivity contribution < 1.29 is 28.6 Å². The van der Waals surface area contributed by atoms with E-state index >= 15 is 4.39 Å². The molecule has 5 rings (SSSR count). The molecule has 1 atom stereocenters. The van der Waals surface area contributed by atoms with Gasteiger partial charge in [-0.25, -0.2) is 9.18 Å². The molecule has 2 heterocycles. The number of amides is 1. The maximum absolute atomic E-state index is 16.6. The van der Waals surface area contributed by atoms with Crippen LogP contribution in [-0.2, 0) is 14.3 Å². The van der Waals surface area contributed by atoms with Crippen molar-refractivity contribution in [1.29, 1.82) is 0 Å². The first kappa shape index (κ1) is 27.9. The predicted octanol–water partition coefficient (Wildman–Crippen LogP) is 5.68. The van der Waals surface area contributed by atoms with Gasteiger partial charge in [0.2, 0.25) is 5.91 Å². The quantitative estimate of drug-likeness (QED) is 0.434. The van der Waals surface area contributed by atoms with Crippen LogP contribution in [0.15, 0.2) is 72.2 Å². The zero-order valence-corrected chi connectivity index (χ0v) is 23.2. The molecule has 0 aromatic heterocycles.